The average molecular weight is 334 g/mol. The quantitative estimate of drug-likeness (QED) is 0.732. The first-order valence-corrected chi connectivity index (χ1v) is 8.70. The minimum absolute atomic E-state index is 0.592. The second-order valence-corrected chi connectivity index (χ2v) is 6.47. The molecule has 0 bridgehead atoms. The van der Waals surface area contributed by atoms with E-state index in [9.17, 15) is 0 Å². The summed E-state index contributed by atoms with van der Waals surface area (Å²) >= 11 is 0. The maximum atomic E-state index is 5.82. The van der Waals surface area contributed by atoms with E-state index in [0.717, 1.165) is 31.7 Å². The van der Waals surface area contributed by atoms with Gasteiger partial charge in [0.2, 0.25) is 11.8 Å². The van der Waals surface area contributed by atoms with E-state index in [1.807, 2.05) is 30.3 Å². The predicted octanol–water partition coefficient (Wildman–Crippen LogP) is 3.37. The maximum absolute atomic E-state index is 5.82. The first-order valence-electron chi connectivity index (χ1n) is 8.70. The van der Waals surface area contributed by atoms with Gasteiger partial charge in [-0.15, -0.1) is 10.2 Å². The molecule has 4 rings (SSSR count). The minimum atomic E-state index is 0.592. The minimum Gasteiger partial charge on any atom is -0.419 e. The molecule has 0 spiro atoms. The summed E-state index contributed by atoms with van der Waals surface area (Å²) in [7, 11) is 0. The summed E-state index contributed by atoms with van der Waals surface area (Å²) in [5.74, 6) is 1.27. The Morgan fingerprint density at radius 3 is 2.48 bits per heavy atom. The molecule has 3 aromatic rings. The number of nitrogens with zero attached hydrogens (tertiary/aromatic N) is 4. The lowest BCUT2D eigenvalue weighted by atomic mass is 10.2. The molecule has 1 saturated heterocycles. The van der Waals surface area contributed by atoms with Crippen LogP contribution in [0, 0.1) is 6.92 Å². The number of rotatable bonds is 4. The Bertz CT molecular complexity index is 822. The Labute approximate surface area is 147 Å². The molecule has 5 heteroatoms. The van der Waals surface area contributed by atoms with Crippen LogP contribution in [-0.4, -0.2) is 41.3 Å². The van der Waals surface area contributed by atoms with Crippen LogP contribution < -0.4 is 4.90 Å². The molecule has 0 atom stereocenters. The number of aromatic nitrogens is 2. The molecule has 1 aliphatic heterocycles. The topological polar surface area (TPSA) is 45.4 Å². The molecule has 0 unspecified atom stereocenters. The summed E-state index contributed by atoms with van der Waals surface area (Å²) in [6.07, 6.45) is 0. The van der Waals surface area contributed by atoms with E-state index in [2.05, 4.69) is 51.2 Å². The van der Waals surface area contributed by atoms with Gasteiger partial charge in [0, 0.05) is 37.4 Å². The second kappa shape index (κ2) is 7.07. The fourth-order valence-corrected chi connectivity index (χ4v) is 3.20. The molecule has 25 heavy (non-hydrogen) atoms. The number of hydrogen-bond acceptors (Lipinski definition) is 5. The van der Waals surface area contributed by atoms with Crippen molar-refractivity contribution in [1.82, 2.24) is 15.1 Å². The number of piperazine rings is 1. The van der Waals surface area contributed by atoms with Crippen molar-refractivity contribution < 1.29 is 4.42 Å². The Morgan fingerprint density at radius 1 is 0.920 bits per heavy atom. The largest absolute Gasteiger partial charge is 0.419 e. The van der Waals surface area contributed by atoms with Gasteiger partial charge in [0.15, 0.2) is 0 Å². The summed E-state index contributed by atoms with van der Waals surface area (Å²) in [5.41, 5.74) is 3.58. The van der Waals surface area contributed by atoms with E-state index >= 15 is 0 Å². The third-order valence-corrected chi connectivity index (χ3v) is 4.59. The van der Waals surface area contributed by atoms with E-state index in [1.54, 1.807) is 0 Å². The van der Waals surface area contributed by atoms with Crippen molar-refractivity contribution in [1.29, 1.82) is 0 Å². The standard InChI is InChI=1S/C20H22N4O/c1-16-6-5-9-18(14-16)24-12-10-23(11-13-24)15-19-21-22-20(25-19)17-7-3-2-4-8-17/h2-9,14H,10-13,15H2,1H3. The Morgan fingerprint density at radius 2 is 1.72 bits per heavy atom. The molecule has 2 aromatic carbocycles. The van der Waals surface area contributed by atoms with Gasteiger partial charge < -0.3 is 9.32 Å². The van der Waals surface area contributed by atoms with Crippen LogP contribution in [-0.2, 0) is 6.54 Å². The first kappa shape index (κ1) is 15.8. The molecule has 0 aliphatic carbocycles. The van der Waals surface area contributed by atoms with Gasteiger partial charge in [-0.05, 0) is 36.8 Å². The summed E-state index contributed by atoms with van der Waals surface area (Å²) in [5, 5.41) is 8.37. The van der Waals surface area contributed by atoms with Crippen molar-refractivity contribution >= 4 is 5.69 Å². The van der Waals surface area contributed by atoms with Crippen molar-refractivity contribution in [2.24, 2.45) is 0 Å². The SMILES string of the molecule is Cc1cccc(N2CCN(Cc3nnc(-c4ccccc4)o3)CC2)c1. The van der Waals surface area contributed by atoms with Crippen LogP contribution in [0.5, 0.6) is 0 Å². The Balaban J connectivity index is 1.35. The molecular formula is C20H22N4O. The van der Waals surface area contributed by atoms with E-state index in [4.69, 9.17) is 4.42 Å². The van der Waals surface area contributed by atoms with E-state index < -0.39 is 0 Å². The van der Waals surface area contributed by atoms with Crippen molar-refractivity contribution in [3.63, 3.8) is 0 Å². The molecule has 0 saturated carbocycles. The van der Waals surface area contributed by atoms with Gasteiger partial charge in [0.25, 0.3) is 0 Å². The summed E-state index contributed by atoms with van der Waals surface area (Å²) < 4.78 is 5.82. The lowest BCUT2D eigenvalue weighted by molar-refractivity contribution is 0.227. The van der Waals surface area contributed by atoms with Crippen molar-refractivity contribution in [2.75, 3.05) is 31.1 Å². The maximum Gasteiger partial charge on any atom is 0.247 e. The van der Waals surface area contributed by atoms with Gasteiger partial charge in [-0.3, -0.25) is 4.90 Å². The van der Waals surface area contributed by atoms with Crippen LogP contribution in [0.2, 0.25) is 0 Å². The third kappa shape index (κ3) is 3.72. The van der Waals surface area contributed by atoms with Gasteiger partial charge >= 0.3 is 0 Å². The summed E-state index contributed by atoms with van der Waals surface area (Å²) in [6, 6.07) is 18.6. The number of hydrogen-bond donors (Lipinski definition) is 0. The fraction of sp³-hybridized carbons (Fsp3) is 0.300. The highest BCUT2D eigenvalue weighted by Crippen LogP contribution is 2.20. The van der Waals surface area contributed by atoms with Gasteiger partial charge in [-0.2, -0.15) is 0 Å². The van der Waals surface area contributed by atoms with Crippen molar-refractivity contribution in [3.05, 3.63) is 66.1 Å². The molecule has 128 valence electrons. The zero-order chi connectivity index (χ0) is 17.1. The van der Waals surface area contributed by atoms with Gasteiger partial charge in [-0.1, -0.05) is 30.3 Å². The van der Waals surface area contributed by atoms with Crippen molar-refractivity contribution in [2.45, 2.75) is 13.5 Å². The Kier molecular flexibility index (Phi) is 4.48. The highest BCUT2D eigenvalue weighted by molar-refractivity contribution is 5.51. The molecule has 1 aromatic heterocycles. The van der Waals surface area contributed by atoms with Gasteiger partial charge in [0.1, 0.15) is 0 Å². The summed E-state index contributed by atoms with van der Waals surface area (Å²) in [4.78, 5) is 4.81. The fourth-order valence-electron chi connectivity index (χ4n) is 3.20. The van der Waals surface area contributed by atoms with Crippen LogP contribution >= 0.6 is 0 Å². The smallest absolute Gasteiger partial charge is 0.247 e. The summed E-state index contributed by atoms with van der Waals surface area (Å²) in [6.45, 7) is 6.88. The lowest BCUT2D eigenvalue weighted by Crippen LogP contribution is -2.46. The number of aryl methyl sites for hydroxylation is 1. The third-order valence-electron chi connectivity index (χ3n) is 4.59. The molecule has 2 heterocycles. The van der Waals surface area contributed by atoms with Crippen LogP contribution in [0.25, 0.3) is 11.5 Å². The molecule has 0 N–H and O–H groups in total. The number of anilines is 1. The molecule has 1 fully saturated rings. The average Bonchev–Trinajstić information content (AvgIpc) is 3.12. The normalized spacial score (nSPS) is 15.5. The van der Waals surface area contributed by atoms with Gasteiger partial charge in [-0.25, -0.2) is 0 Å². The Hall–Kier alpha value is -2.66. The van der Waals surface area contributed by atoms with Crippen LogP contribution in [0.1, 0.15) is 11.5 Å². The van der Waals surface area contributed by atoms with Crippen molar-refractivity contribution in [3.8, 4) is 11.5 Å². The first-order chi connectivity index (χ1) is 12.3. The number of benzene rings is 2. The molecular weight excluding hydrogens is 312 g/mol. The monoisotopic (exact) mass is 334 g/mol. The molecule has 1 aliphatic rings. The van der Waals surface area contributed by atoms with E-state index in [0.29, 0.717) is 18.3 Å². The zero-order valence-electron chi connectivity index (χ0n) is 14.4. The van der Waals surface area contributed by atoms with Crippen LogP contribution in [0.3, 0.4) is 0 Å². The van der Waals surface area contributed by atoms with Gasteiger partial charge in [0.05, 0.1) is 6.54 Å². The second-order valence-electron chi connectivity index (χ2n) is 6.47. The van der Waals surface area contributed by atoms with Crippen LogP contribution in [0.15, 0.2) is 59.0 Å². The highest BCUT2D eigenvalue weighted by Gasteiger charge is 2.19. The molecule has 0 amide bonds. The van der Waals surface area contributed by atoms with Crippen LogP contribution in [0.4, 0.5) is 5.69 Å². The zero-order valence-corrected chi connectivity index (χ0v) is 14.4. The lowest BCUT2D eigenvalue weighted by Gasteiger charge is -2.35. The predicted molar refractivity (Wildman–Crippen MR) is 98.4 cm³/mol. The molecule has 5 nitrogen and oxygen atoms in total. The van der Waals surface area contributed by atoms with E-state index in [-0.39, 0.29) is 0 Å². The highest BCUT2D eigenvalue weighted by atomic mass is 16.4. The molecule has 0 radical (unpaired) electrons. The van der Waals surface area contributed by atoms with E-state index in [1.165, 1.54) is 11.3 Å².